The maximum Gasteiger partial charge on any atom is 0.223 e. The molecule has 1 unspecified atom stereocenters. The summed E-state index contributed by atoms with van der Waals surface area (Å²) in [5.41, 5.74) is 2.74. The van der Waals surface area contributed by atoms with E-state index in [1.54, 1.807) is 23.0 Å². The highest BCUT2D eigenvalue weighted by atomic mass is 19.1. The van der Waals surface area contributed by atoms with E-state index in [0.29, 0.717) is 0 Å². The first-order valence-electron chi connectivity index (χ1n) is 7.17. The average Bonchev–Trinajstić information content (AvgIpc) is 3.23. The number of rotatable bonds is 4. The second-order valence-electron chi connectivity index (χ2n) is 5.58. The van der Waals surface area contributed by atoms with Crippen molar-refractivity contribution in [2.45, 2.75) is 32.7 Å². The normalized spacial score (nSPS) is 15.8. The maximum atomic E-state index is 13.0. The molecule has 1 atom stereocenters. The van der Waals surface area contributed by atoms with E-state index in [1.807, 2.05) is 13.8 Å². The molecule has 0 saturated heterocycles. The van der Waals surface area contributed by atoms with E-state index < -0.39 is 0 Å². The van der Waals surface area contributed by atoms with E-state index in [2.05, 4.69) is 10.4 Å². The minimum absolute atomic E-state index is 0.0766. The summed E-state index contributed by atoms with van der Waals surface area (Å²) in [7, 11) is 0. The van der Waals surface area contributed by atoms with Gasteiger partial charge in [-0.05, 0) is 51.0 Å². The summed E-state index contributed by atoms with van der Waals surface area (Å²) in [6.45, 7) is 3.91. The number of nitrogens with one attached hydrogen (secondary N) is 1. The van der Waals surface area contributed by atoms with Crippen LogP contribution in [0.15, 0.2) is 30.5 Å². The Morgan fingerprint density at radius 3 is 2.67 bits per heavy atom. The van der Waals surface area contributed by atoms with E-state index in [-0.39, 0.29) is 23.7 Å². The summed E-state index contributed by atoms with van der Waals surface area (Å²) in [4.78, 5) is 11.8. The van der Waals surface area contributed by atoms with Crippen molar-refractivity contribution in [2.24, 2.45) is 5.92 Å². The van der Waals surface area contributed by atoms with Crippen LogP contribution < -0.4 is 5.32 Å². The molecule has 1 aromatic carbocycles. The second-order valence-corrected chi connectivity index (χ2v) is 5.58. The predicted molar refractivity (Wildman–Crippen MR) is 77.5 cm³/mol. The molecule has 0 aliphatic heterocycles. The minimum Gasteiger partial charge on any atom is -0.349 e. The Morgan fingerprint density at radius 1 is 1.38 bits per heavy atom. The van der Waals surface area contributed by atoms with Gasteiger partial charge in [0.05, 0.1) is 17.9 Å². The maximum absolute atomic E-state index is 13.0. The standard InChI is InChI=1S/C16H18FN3O/c1-10(19-16(21)12-3-4-12)15-9-18-20(11(15)2)14-7-5-13(17)6-8-14/h5-10,12H,3-4H2,1-2H3,(H,19,21). The molecule has 5 heteroatoms. The van der Waals surface area contributed by atoms with Crippen LogP contribution in [0.4, 0.5) is 4.39 Å². The van der Waals surface area contributed by atoms with Gasteiger partial charge in [-0.3, -0.25) is 4.79 Å². The third-order valence-electron chi connectivity index (χ3n) is 3.89. The first-order valence-corrected chi connectivity index (χ1v) is 7.17. The fraction of sp³-hybridized carbons (Fsp3) is 0.375. The Kier molecular flexibility index (Phi) is 3.49. The Labute approximate surface area is 123 Å². The minimum atomic E-state index is -0.270. The first kappa shape index (κ1) is 13.8. The Hall–Kier alpha value is -2.17. The molecule has 2 aromatic rings. The largest absolute Gasteiger partial charge is 0.349 e. The zero-order chi connectivity index (χ0) is 15.0. The van der Waals surface area contributed by atoms with Crippen LogP contribution >= 0.6 is 0 Å². The number of hydrogen-bond acceptors (Lipinski definition) is 2. The molecular weight excluding hydrogens is 269 g/mol. The topological polar surface area (TPSA) is 46.9 Å². The van der Waals surface area contributed by atoms with E-state index in [0.717, 1.165) is 29.8 Å². The highest BCUT2D eigenvalue weighted by molar-refractivity contribution is 5.81. The van der Waals surface area contributed by atoms with Gasteiger partial charge >= 0.3 is 0 Å². The number of halogens is 1. The monoisotopic (exact) mass is 287 g/mol. The van der Waals surface area contributed by atoms with Crippen LogP contribution in [-0.2, 0) is 4.79 Å². The molecule has 0 bridgehead atoms. The Balaban J connectivity index is 1.81. The van der Waals surface area contributed by atoms with Crippen molar-refractivity contribution in [2.75, 3.05) is 0 Å². The lowest BCUT2D eigenvalue weighted by Crippen LogP contribution is -2.28. The molecule has 1 aliphatic rings. The third-order valence-corrected chi connectivity index (χ3v) is 3.89. The van der Waals surface area contributed by atoms with Gasteiger partial charge in [0.25, 0.3) is 0 Å². The van der Waals surface area contributed by atoms with Crippen LogP contribution in [0, 0.1) is 18.7 Å². The Bertz CT molecular complexity index is 659. The summed E-state index contributed by atoms with van der Waals surface area (Å²) in [6, 6.07) is 6.12. The van der Waals surface area contributed by atoms with Crippen molar-refractivity contribution < 1.29 is 9.18 Å². The summed E-state index contributed by atoms with van der Waals surface area (Å²) >= 11 is 0. The van der Waals surface area contributed by atoms with Crippen LogP contribution in [0.3, 0.4) is 0 Å². The molecule has 1 fully saturated rings. The van der Waals surface area contributed by atoms with Gasteiger partial charge in [-0.1, -0.05) is 0 Å². The molecule has 1 saturated carbocycles. The smallest absolute Gasteiger partial charge is 0.223 e. The van der Waals surface area contributed by atoms with Gasteiger partial charge in [-0.15, -0.1) is 0 Å². The molecule has 1 amide bonds. The summed E-state index contributed by atoms with van der Waals surface area (Å²) < 4.78 is 14.7. The van der Waals surface area contributed by atoms with Gasteiger partial charge in [-0.2, -0.15) is 5.10 Å². The van der Waals surface area contributed by atoms with Crippen molar-refractivity contribution >= 4 is 5.91 Å². The molecule has 110 valence electrons. The van der Waals surface area contributed by atoms with E-state index in [9.17, 15) is 9.18 Å². The molecule has 0 radical (unpaired) electrons. The number of nitrogens with zero attached hydrogens (tertiary/aromatic N) is 2. The van der Waals surface area contributed by atoms with E-state index in [1.165, 1.54) is 12.1 Å². The fourth-order valence-corrected chi connectivity index (χ4v) is 2.44. The highest BCUT2D eigenvalue weighted by Gasteiger charge is 2.30. The van der Waals surface area contributed by atoms with Gasteiger partial charge in [0.2, 0.25) is 5.91 Å². The SMILES string of the molecule is Cc1c(C(C)NC(=O)C2CC2)cnn1-c1ccc(F)cc1. The Morgan fingerprint density at radius 2 is 2.05 bits per heavy atom. The zero-order valence-corrected chi connectivity index (χ0v) is 12.1. The summed E-state index contributed by atoms with van der Waals surface area (Å²) in [5, 5.41) is 7.37. The van der Waals surface area contributed by atoms with Crippen LogP contribution in [0.5, 0.6) is 0 Å². The average molecular weight is 287 g/mol. The molecule has 4 nitrogen and oxygen atoms in total. The van der Waals surface area contributed by atoms with Crippen molar-refractivity contribution in [3.8, 4) is 5.69 Å². The molecule has 1 aromatic heterocycles. The number of hydrogen-bond donors (Lipinski definition) is 1. The summed E-state index contributed by atoms with van der Waals surface area (Å²) in [5.74, 6) is 0.0465. The second kappa shape index (κ2) is 5.31. The quantitative estimate of drug-likeness (QED) is 0.940. The lowest BCUT2D eigenvalue weighted by Gasteiger charge is -2.14. The molecule has 3 rings (SSSR count). The predicted octanol–water partition coefficient (Wildman–Crippen LogP) is 2.91. The van der Waals surface area contributed by atoms with Crippen molar-refractivity contribution in [3.05, 3.63) is 47.5 Å². The lowest BCUT2D eigenvalue weighted by molar-refractivity contribution is -0.122. The zero-order valence-electron chi connectivity index (χ0n) is 12.1. The van der Waals surface area contributed by atoms with E-state index in [4.69, 9.17) is 0 Å². The molecule has 0 spiro atoms. The molecule has 21 heavy (non-hydrogen) atoms. The van der Waals surface area contributed by atoms with Crippen LogP contribution in [-0.4, -0.2) is 15.7 Å². The number of aromatic nitrogens is 2. The van der Waals surface area contributed by atoms with Crippen molar-refractivity contribution in [1.82, 2.24) is 15.1 Å². The number of benzene rings is 1. The lowest BCUT2D eigenvalue weighted by atomic mass is 10.1. The molecular formula is C16H18FN3O. The summed E-state index contributed by atoms with van der Waals surface area (Å²) in [6.07, 6.45) is 3.75. The van der Waals surface area contributed by atoms with Crippen LogP contribution in [0.25, 0.3) is 5.69 Å². The van der Waals surface area contributed by atoms with Crippen molar-refractivity contribution in [3.63, 3.8) is 0 Å². The number of amides is 1. The number of carbonyl (C=O) groups excluding carboxylic acids is 1. The van der Waals surface area contributed by atoms with Gasteiger partial charge < -0.3 is 5.32 Å². The van der Waals surface area contributed by atoms with Gasteiger partial charge in [-0.25, -0.2) is 9.07 Å². The molecule has 1 aliphatic carbocycles. The van der Waals surface area contributed by atoms with Crippen LogP contribution in [0.2, 0.25) is 0 Å². The molecule has 1 heterocycles. The highest BCUT2D eigenvalue weighted by Crippen LogP contribution is 2.30. The number of carbonyl (C=O) groups is 1. The van der Waals surface area contributed by atoms with Crippen LogP contribution in [0.1, 0.15) is 37.1 Å². The fourth-order valence-electron chi connectivity index (χ4n) is 2.44. The van der Waals surface area contributed by atoms with E-state index >= 15 is 0 Å². The molecule has 1 N–H and O–H groups in total. The van der Waals surface area contributed by atoms with Crippen molar-refractivity contribution in [1.29, 1.82) is 0 Å². The van der Waals surface area contributed by atoms with Gasteiger partial charge in [0.15, 0.2) is 0 Å². The van der Waals surface area contributed by atoms with Gasteiger partial charge in [0, 0.05) is 17.2 Å². The van der Waals surface area contributed by atoms with Gasteiger partial charge in [0.1, 0.15) is 5.82 Å². The first-order chi connectivity index (χ1) is 10.1. The third kappa shape index (κ3) is 2.82.